The summed E-state index contributed by atoms with van der Waals surface area (Å²) in [5.41, 5.74) is 7.31. The number of nitrogens with two attached hydrogens (primary N) is 1. The monoisotopic (exact) mass is 281 g/mol. The minimum atomic E-state index is -0.218. The molecule has 0 bridgehead atoms. The zero-order valence-corrected chi connectivity index (χ0v) is 12.2. The Hall–Kier alpha value is -1.22. The van der Waals surface area contributed by atoms with Crippen molar-refractivity contribution in [3.05, 3.63) is 28.8 Å². The lowest BCUT2D eigenvalue weighted by Gasteiger charge is -2.43. The molecule has 0 radical (unpaired) electrons. The molecule has 0 spiro atoms. The second-order valence-corrected chi connectivity index (χ2v) is 5.94. The molecule has 2 N–H and O–H groups in total. The predicted octanol–water partition coefficient (Wildman–Crippen LogP) is 3.54. The number of carbonyl (C=O) groups is 1. The van der Waals surface area contributed by atoms with Gasteiger partial charge in [0.25, 0.3) is 0 Å². The number of hydrogen-bond donors (Lipinski definition) is 1. The van der Waals surface area contributed by atoms with Crippen molar-refractivity contribution in [2.75, 3.05) is 12.8 Å². The Morgan fingerprint density at radius 3 is 2.68 bits per heavy atom. The van der Waals surface area contributed by atoms with Crippen LogP contribution >= 0.6 is 11.6 Å². The number of nitrogen functional groups attached to an aromatic ring is 1. The molecule has 2 rings (SSSR count). The smallest absolute Gasteiger partial charge is 0.306 e. The van der Waals surface area contributed by atoms with Gasteiger partial charge in [-0.3, -0.25) is 4.79 Å². The van der Waals surface area contributed by atoms with Crippen molar-refractivity contribution in [1.82, 2.24) is 0 Å². The summed E-state index contributed by atoms with van der Waals surface area (Å²) < 4.78 is 4.84. The van der Waals surface area contributed by atoms with Crippen molar-refractivity contribution >= 4 is 23.3 Å². The van der Waals surface area contributed by atoms with E-state index in [4.69, 9.17) is 22.1 Å². The van der Waals surface area contributed by atoms with Gasteiger partial charge in [-0.15, -0.1) is 0 Å². The Bertz CT molecular complexity index is 485. The van der Waals surface area contributed by atoms with E-state index in [0.29, 0.717) is 23.0 Å². The molecule has 0 aromatic heterocycles. The topological polar surface area (TPSA) is 52.3 Å². The largest absolute Gasteiger partial charge is 0.469 e. The highest BCUT2D eigenvalue weighted by atomic mass is 35.5. The fourth-order valence-electron chi connectivity index (χ4n) is 2.80. The number of hydrogen-bond acceptors (Lipinski definition) is 3. The lowest BCUT2D eigenvalue weighted by molar-refractivity contribution is -0.143. The molecule has 3 nitrogen and oxygen atoms in total. The van der Waals surface area contributed by atoms with E-state index in [-0.39, 0.29) is 11.4 Å². The van der Waals surface area contributed by atoms with Gasteiger partial charge in [0.15, 0.2) is 0 Å². The van der Waals surface area contributed by atoms with E-state index in [1.54, 1.807) is 6.07 Å². The van der Waals surface area contributed by atoms with Crippen molar-refractivity contribution in [2.24, 2.45) is 5.92 Å². The van der Waals surface area contributed by atoms with Crippen LogP contribution in [0.2, 0.25) is 5.02 Å². The average Bonchev–Trinajstić information content (AvgIpc) is 2.30. The van der Waals surface area contributed by atoms with Gasteiger partial charge in [0.1, 0.15) is 0 Å². The van der Waals surface area contributed by atoms with Crippen LogP contribution in [0.5, 0.6) is 0 Å². The minimum absolute atomic E-state index is 0.178. The predicted molar refractivity (Wildman–Crippen MR) is 77.2 cm³/mol. The summed E-state index contributed by atoms with van der Waals surface area (Å²) in [7, 11) is 1.43. The summed E-state index contributed by atoms with van der Waals surface area (Å²) >= 11 is 5.97. The Labute approximate surface area is 119 Å². The van der Waals surface area contributed by atoms with E-state index in [9.17, 15) is 4.79 Å². The van der Waals surface area contributed by atoms with Crippen LogP contribution in [0.4, 0.5) is 5.69 Å². The van der Waals surface area contributed by atoms with Gasteiger partial charge >= 0.3 is 5.97 Å². The maximum Gasteiger partial charge on any atom is 0.306 e. The van der Waals surface area contributed by atoms with Gasteiger partial charge in [-0.2, -0.15) is 0 Å². The first-order valence-corrected chi connectivity index (χ1v) is 6.97. The number of methoxy groups -OCH3 is 1. The molecule has 0 heterocycles. The maximum absolute atomic E-state index is 11.7. The molecule has 1 saturated carbocycles. The lowest BCUT2D eigenvalue weighted by Crippen LogP contribution is -2.38. The van der Waals surface area contributed by atoms with Crippen LogP contribution in [0, 0.1) is 5.92 Å². The van der Waals surface area contributed by atoms with Crippen LogP contribution in [0.3, 0.4) is 0 Å². The van der Waals surface area contributed by atoms with Crippen molar-refractivity contribution in [1.29, 1.82) is 0 Å². The van der Waals surface area contributed by atoms with Crippen molar-refractivity contribution in [3.8, 4) is 0 Å². The highest BCUT2D eigenvalue weighted by Crippen LogP contribution is 2.47. The van der Waals surface area contributed by atoms with Crippen LogP contribution in [0.15, 0.2) is 18.2 Å². The summed E-state index contributed by atoms with van der Waals surface area (Å²) in [5, 5.41) is 0.553. The normalized spacial score (nSPS) is 18.5. The van der Waals surface area contributed by atoms with Gasteiger partial charge in [0, 0.05) is 5.41 Å². The maximum atomic E-state index is 11.7. The molecular weight excluding hydrogens is 262 g/mol. The van der Waals surface area contributed by atoms with Gasteiger partial charge in [-0.05, 0) is 36.5 Å². The Kier molecular flexibility index (Phi) is 4.04. The quantitative estimate of drug-likeness (QED) is 0.678. The van der Waals surface area contributed by atoms with Crippen LogP contribution in [0.1, 0.15) is 38.2 Å². The summed E-state index contributed by atoms with van der Waals surface area (Å²) in [6.45, 7) is 2.12. The third kappa shape index (κ3) is 2.71. The van der Waals surface area contributed by atoms with Crippen molar-refractivity contribution in [2.45, 2.75) is 38.0 Å². The summed E-state index contributed by atoms with van der Waals surface area (Å²) in [6, 6.07) is 5.67. The number of carbonyl (C=O) groups excluding carboxylic acids is 1. The molecule has 0 amide bonds. The van der Waals surface area contributed by atoms with E-state index in [0.717, 1.165) is 18.4 Å². The fourth-order valence-corrected chi connectivity index (χ4v) is 2.92. The first kappa shape index (κ1) is 14.2. The lowest BCUT2D eigenvalue weighted by atomic mass is 9.61. The summed E-state index contributed by atoms with van der Waals surface area (Å²) in [5.74, 6) is 0.329. The standard InChI is InChI=1S/C15H20ClNO2/c1-15(9-14(18)19-2,10-4-3-5-10)11-6-7-12(16)13(17)8-11/h6-8,10H,3-5,9,17H2,1-2H3/t15-/m1/s1. The minimum Gasteiger partial charge on any atom is -0.469 e. The highest BCUT2D eigenvalue weighted by molar-refractivity contribution is 6.33. The van der Waals surface area contributed by atoms with E-state index < -0.39 is 0 Å². The Balaban J connectivity index is 2.35. The van der Waals surface area contributed by atoms with E-state index >= 15 is 0 Å². The molecule has 1 aliphatic carbocycles. The molecule has 4 heteroatoms. The third-order valence-corrected chi connectivity index (χ3v) is 4.75. The second-order valence-electron chi connectivity index (χ2n) is 5.53. The summed E-state index contributed by atoms with van der Waals surface area (Å²) in [6.07, 6.45) is 3.91. The zero-order valence-electron chi connectivity index (χ0n) is 11.4. The number of esters is 1. The van der Waals surface area contributed by atoms with Gasteiger partial charge in [0.2, 0.25) is 0 Å². The highest BCUT2D eigenvalue weighted by Gasteiger charge is 2.41. The van der Waals surface area contributed by atoms with Gasteiger partial charge in [0.05, 0.1) is 24.2 Å². The van der Waals surface area contributed by atoms with Gasteiger partial charge < -0.3 is 10.5 Å². The fraction of sp³-hybridized carbons (Fsp3) is 0.533. The Morgan fingerprint density at radius 2 is 2.21 bits per heavy atom. The molecule has 1 aliphatic rings. The first-order valence-electron chi connectivity index (χ1n) is 6.59. The molecule has 1 aromatic rings. The van der Waals surface area contributed by atoms with Crippen LogP contribution < -0.4 is 5.73 Å². The van der Waals surface area contributed by atoms with Gasteiger partial charge in [-0.1, -0.05) is 31.0 Å². The number of benzene rings is 1. The summed E-state index contributed by atoms with van der Waals surface area (Å²) in [4.78, 5) is 11.7. The molecule has 1 aromatic carbocycles. The molecule has 0 saturated heterocycles. The average molecular weight is 282 g/mol. The van der Waals surface area contributed by atoms with Crippen LogP contribution in [-0.2, 0) is 14.9 Å². The molecule has 0 aliphatic heterocycles. The zero-order chi connectivity index (χ0) is 14.0. The van der Waals surface area contributed by atoms with Gasteiger partial charge in [-0.25, -0.2) is 0 Å². The second kappa shape index (κ2) is 5.41. The molecule has 0 unspecified atom stereocenters. The SMILES string of the molecule is COC(=O)C[C@@](C)(c1ccc(Cl)c(N)c1)C1CCC1. The van der Waals surface area contributed by atoms with E-state index in [1.165, 1.54) is 13.5 Å². The van der Waals surface area contributed by atoms with E-state index in [1.807, 2.05) is 12.1 Å². The number of ether oxygens (including phenoxy) is 1. The first-order chi connectivity index (χ1) is 8.97. The molecule has 104 valence electrons. The Morgan fingerprint density at radius 1 is 1.53 bits per heavy atom. The van der Waals surface area contributed by atoms with Crippen molar-refractivity contribution in [3.63, 3.8) is 0 Å². The van der Waals surface area contributed by atoms with E-state index in [2.05, 4.69) is 6.92 Å². The third-order valence-electron chi connectivity index (χ3n) is 4.40. The molecule has 1 atom stereocenters. The van der Waals surface area contributed by atoms with Crippen molar-refractivity contribution < 1.29 is 9.53 Å². The van der Waals surface area contributed by atoms with Crippen LogP contribution in [-0.4, -0.2) is 13.1 Å². The number of rotatable bonds is 4. The van der Waals surface area contributed by atoms with Crippen LogP contribution in [0.25, 0.3) is 0 Å². The number of anilines is 1. The number of halogens is 1. The molecule has 19 heavy (non-hydrogen) atoms. The molecular formula is C15H20ClNO2. The molecule has 1 fully saturated rings.